The van der Waals surface area contributed by atoms with Gasteiger partial charge in [0.25, 0.3) is 0 Å². The predicted octanol–water partition coefficient (Wildman–Crippen LogP) is 13.8. The lowest BCUT2D eigenvalue weighted by atomic mass is 9.99. The van der Waals surface area contributed by atoms with Crippen molar-refractivity contribution in [1.29, 1.82) is 0 Å². The molecule has 8 atom stereocenters. The first kappa shape index (κ1) is 68.4. The summed E-state index contributed by atoms with van der Waals surface area (Å²) in [6, 6.07) is -1.03. The molecule has 424 valence electrons. The van der Waals surface area contributed by atoms with Crippen LogP contribution in [0.2, 0.25) is 0 Å². The second kappa shape index (κ2) is 50.2. The number of aliphatic hydroxyl groups is 5. The van der Waals surface area contributed by atoms with Gasteiger partial charge in [0.15, 0.2) is 12.4 Å². The third-order valence-electron chi connectivity index (χ3n) is 13.9. The lowest BCUT2D eigenvalue weighted by Gasteiger charge is -2.41. The first-order valence-electron chi connectivity index (χ1n) is 30.1. The topological polar surface area (TPSA) is 175 Å². The molecule has 1 heterocycles. The molecule has 1 fully saturated rings. The first-order chi connectivity index (χ1) is 35.7. The lowest BCUT2D eigenvalue weighted by Crippen LogP contribution is -2.61. The van der Waals surface area contributed by atoms with Crippen LogP contribution in [0.3, 0.4) is 0 Å². The standard InChI is InChI=1S/C62H111NO10/c1-4-7-10-13-16-19-22-24-26-27-28-30-31-34-37-40-43-46-49-55(66)61(70)63-53(54(65)48-45-42-39-36-33-21-18-15-12-9-6-3)52-71-62-60(59(69)58(68)56(51-64)72-62)73-57(67)50-47-44-41-38-35-32-29-25-23-20-17-14-11-8-5-2/h16-17,19-20,23-26,45,48,53-56,58-60,62,64-66,68-69H,4-15,18,21-22,27-44,46-47,49-52H2,1-3H3,(H,63,70)/b19-16-,20-17+,25-23+,26-24-,48-45+. The third kappa shape index (κ3) is 38.5. The maximum Gasteiger partial charge on any atom is 0.306 e. The van der Waals surface area contributed by atoms with E-state index in [9.17, 15) is 35.1 Å². The average Bonchev–Trinajstić information content (AvgIpc) is 3.39. The van der Waals surface area contributed by atoms with E-state index in [-0.39, 0.29) is 19.4 Å². The number of amides is 1. The molecule has 0 aliphatic carbocycles. The van der Waals surface area contributed by atoms with E-state index in [0.717, 1.165) is 96.3 Å². The van der Waals surface area contributed by atoms with E-state index in [1.54, 1.807) is 6.08 Å². The molecule has 0 aromatic carbocycles. The van der Waals surface area contributed by atoms with Crippen LogP contribution in [0.1, 0.15) is 258 Å². The Morgan fingerprint density at radius 2 is 0.986 bits per heavy atom. The maximum atomic E-state index is 13.4. The Morgan fingerprint density at radius 3 is 1.51 bits per heavy atom. The number of esters is 1. The van der Waals surface area contributed by atoms with Gasteiger partial charge in [-0.3, -0.25) is 9.59 Å². The van der Waals surface area contributed by atoms with Gasteiger partial charge < -0.3 is 45.1 Å². The van der Waals surface area contributed by atoms with E-state index in [4.69, 9.17) is 14.2 Å². The fourth-order valence-electron chi connectivity index (χ4n) is 9.08. The van der Waals surface area contributed by atoms with Crippen molar-refractivity contribution in [3.05, 3.63) is 60.8 Å². The molecule has 0 aromatic heterocycles. The molecule has 1 amide bonds. The summed E-state index contributed by atoms with van der Waals surface area (Å²) in [6.45, 7) is 5.71. The molecule has 0 bridgehead atoms. The molecule has 0 spiro atoms. The number of rotatable bonds is 50. The molecule has 8 unspecified atom stereocenters. The maximum absolute atomic E-state index is 13.4. The van der Waals surface area contributed by atoms with Crippen molar-refractivity contribution in [3.8, 4) is 0 Å². The molecule has 1 saturated heterocycles. The number of carbonyl (C=O) groups is 2. The summed E-state index contributed by atoms with van der Waals surface area (Å²) in [5, 5.41) is 56.9. The fraction of sp³-hybridized carbons (Fsp3) is 0.806. The number of carbonyl (C=O) groups excluding carboxylic acids is 2. The first-order valence-corrected chi connectivity index (χ1v) is 30.1. The quantitative estimate of drug-likeness (QED) is 0.0149. The van der Waals surface area contributed by atoms with Crippen LogP contribution >= 0.6 is 0 Å². The van der Waals surface area contributed by atoms with Gasteiger partial charge in [0.1, 0.15) is 24.4 Å². The van der Waals surface area contributed by atoms with Crippen molar-refractivity contribution < 1.29 is 49.3 Å². The van der Waals surface area contributed by atoms with E-state index < -0.39 is 67.4 Å². The summed E-state index contributed by atoms with van der Waals surface area (Å²) in [4.78, 5) is 26.5. The summed E-state index contributed by atoms with van der Waals surface area (Å²) in [7, 11) is 0. The van der Waals surface area contributed by atoms with Crippen LogP contribution in [0.25, 0.3) is 0 Å². The van der Waals surface area contributed by atoms with Crippen molar-refractivity contribution in [2.24, 2.45) is 0 Å². The number of nitrogens with one attached hydrogen (secondary N) is 1. The van der Waals surface area contributed by atoms with Crippen LogP contribution in [0, 0.1) is 0 Å². The van der Waals surface area contributed by atoms with E-state index in [0.29, 0.717) is 12.8 Å². The number of hydrogen-bond donors (Lipinski definition) is 6. The second-order valence-electron chi connectivity index (χ2n) is 20.8. The minimum atomic E-state index is -1.62. The van der Waals surface area contributed by atoms with E-state index >= 15 is 0 Å². The third-order valence-corrected chi connectivity index (χ3v) is 13.9. The molecule has 0 radical (unpaired) electrons. The summed E-state index contributed by atoms with van der Waals surface area (Å²) < 4.78 is 17.6. The van der Waals surface area contributed by atoms with Gasteiger partial charge in [0.2, 0.25) is 5.91 Å². The summed E-state index contributed by atoms with van der Waals surface area (Å²) in [6.07, 6.45) is 51.1. The Bertz CT molecular complexity index is 1420. The van der Waals surface area contributed by atoms with E-state index in [1.165, 1.54) is 116 Å². The number of hydrogen-bond acceptors (Lipinski definition) is 10. The van der Waals surface area contributed by atoms with Gasteiger partial charge in [-0.05, 0) is 83.5 Å². The highest BCUT2D eigenvalue weighted by Crippen LogP contribution is 2.26. The number of allylic oxidation sites excluding steroid dienone is 9. The Balaban J connectivity index is 2.70. The molecule has 11 heteroatoms. The van der Waals surface area contributed by atoms with Gasteiger partial charge in [-0.25, -0.2) is 0 Å². The van der Waals surface area contributed by atoms with Gasteiger partial charge in [-0.15, -0.1) is 0 Å². The van der Waals surface area contributed by atoms with Crippen LogP contribution in [0.15, 0.2) is 60.8 Å². The Hall–Kier alpha value is -2.64. The number of aliphatic hydroxyl groups excluding tert-OH is 5. The summed E-state index contributed by atoms with van der Waals surface area (Å²) in [5.41, 5.74) is 0. The van der Waals surface area contributed by atoms with Crippen molar-refractivity contribution >= 4 is 11.9 Å². The molecule has 6 N–H and O–H groups in total. The SMILES string of the molecule is CCCCC/C=C\C/C=C\CCCCCCCCCCC(O)C(=O)NC(COC1OC(CO)C(O)C(O)C1OC(=O)CCCCCCCC/C=C/C=C/CCCCC)C(O)/C=C/CCCCCCCCCCC. The van der Waals surface area contributed by atoms with Crippen LogP contribution in [0.4, 0.5) is 0 Å². The van der Waals surface area contributed by atoms with Gasteiger partial charge in [0.05, 0.1) is 25.4 Å². The monoisotopic (exact) mass is 1030 g/mol. The normalized spacial score (nSPS) is 19.8. The average molecular weight is 1030 g/mol. The van der Waals surface area contributed by atoms with Crippen molar-refractivity contribution in [2.75, 3.05) is 13.2 Å². The fourth-order valence-corrected chi connectivity index (χ4v) is 9.08. The van der Waals surface area contributed by atoms with E-state index in [2.05, 4.69) is 74.7 Å². The highest BCUT2D eigenvalue weighted by Gasteiger charge is 2.47. The Morgan fingerprint density at radius 1 is 0.548 bits per heavy atom. The van der Waals surface area contributed by atoms with Crippen molar-refractivity contribution in [2.45, 2.75) is 307 Å². The molecule has 1 aliphatic heterocycles. The zero-order valence-corrected chi connectivity index (χ0v) is 46.7. The van der Waals surface area contributed by atoms with Crippen molar-refractivity contribution in [3.63, 3.8) is 0 Å². The van der Waals surface area contributed by atoms with Crippen LogP contribution in [-0.2, 0) is 23.8 Å². The molecule has 73 heavy (non-hydrogen) atoms. The molecule has 1 aliphatic rings. The summed E-state index contributed by atoms with van der Waals surface area (Å²) in [5.74, 6) is -1.21. The van der Waals surface area contributed by atoms with Crippen LogP contribution < -0.4 is 5.32 Å². The Kier molecular flexibility index (Phi) is 47.0. The van der Waals surface area contributed by atoms with Crippen LogP contribution in [-0.4, -0.2) is 99.6 Å². The van der Waals surface area contributed by atoms with Gasteiger partial charge in [0, 0.05) is 6.42 Å². The molecule has 0 aromatic rings. The minimum Gasteiger partial charge on any atom is -0.454 e. The molecular weight excluding hydrogens is 919 g/mol. The molecule has 1 rings (SSSR count). The number of unbranched alkanes of at least 4 members (excludes halogenated alkanes) is 29. The smallest absolute Gasteiger partial charge is 0.306 e. The van der Waals surface area contributed by atoms with Crippen molar-refractivity contribution in [1.82, 2.24) is 5.32 Å². The largest absolute Gasteiger partial charge is 0.454 e. The molecular formula is C62H111NO10. The number of ether oxygens (including phenoxy) is 3. The second-order valence-corrected chi connectivity index (χ2v) is 20.8. The zero-order chi connectivity index (χ0) is 53.3. The van der Waals surface area contributed by atoms with E-state index in [1.807, 2.05) is 6.08 Å². The summed E-state index contributed by atoms with van der Waals surface area (Å²) >= 11 is 0. The zero-order valence-electron chi connectivity index (χ0n) is 46.7. The highest BCUT2D eigenvalue weighted by atomic mass is 16.7. The minimum absolute atomic E-state index is 0.109. The van der Waals surface area contributed by atoms with Gasteiger partial charge in [-0.2, -0.15) is 0 Å². The van der Waals surface area contributed by atoms with Gasteiger partial charge in [-0.1, -0.05) is 229 Å². The van der Waals surface area contributed by atoms with Gasteiger partial charge >= 0.3 is 5.97 Å². The highest BCUT2D eigenvalue weighted by molar-refractivity contribution is 5.80. The molecule has 0 saturated carbocycles. The Labute approximate surface area is 446 Å². The molecule has 11 nitrogen and oxygen atoms in total. The predicted molar refractivity (Wildman–Crippen MR) is 301 cm³/mol. The lowest BCUT2D eigenvalue weighted by molar-refractivity contribution is -0.305. The van der Waals surface area contributed by atoms with Crippen LogP contribution in [0.5, 0.6) is 0 Å².